The van der Waals surface area contributed by atoms with E-state index in [1.165, 1.54) is 31.1 Å². The largest absolute Gasteiger partial charge is 0.502 e. The number of ether oxygens (including phenoxy) is 1. The van der Waals surface area contributed by atoms with E-state index in [1.54, 1.807) is 11.1 Å². The molecule has 2 nitrogen and oxygen atoms in total. The van der Waals surface area contributed by atoms with E-state index in [1.807, 2.05) is 0 Å². The van der Waals surface area contributed by atoms with E-state index < -0.39 is 0 Å². The molecule has 0 aliphatic heterocycles. The summed E-state index contributed by atoms with van der Waals surface area (Å²) in [5, 5.41) is 3.53. The second-order valence-corrected chi connectivity index (χ2v) is 4.95. The molecule has 0 spiro atoms. The van der Waals surface area contributed by atoms with Gasteiger partial charge in [0.15, 0.2) is 0 Å². The summed E-state index contributed by atoms with van der Waals surface area (Å²) in [4.78, 5) is 0. The van der Waals surface area contributed by atoms with Crippen molar-refractivity contribution in [3.05, 3.63) is 47.7 Å². The second kappa shape index (κ2) is 6.60. The Morgan fingerprint density at radius 1 is 1.39 bits per heavy atom. The molecule has 0 heterocycles. The maximum Gasteiger partial charge on any atom is 0.0885 e. The summed E-state index contributed by atoms with van der Waals surface area (Å²) < 4.78 is 5.11. The third-order valence-corrected chi connectivity index (χ3v) is 3.63. The van der Waals surface area contributed by atoms with Gasteiger partial charge in [-0.2, -0.15) is 0 Å². The molecule has 1 aromatic carbocycles. The summed E-state index contributed by atoms with van der Waals surface area (Å²) in [6.45, 7) is 7.48. The zero-order chi connectivity index (χ0) is 12.8. The van der Waals surface area contributed by atoms with Crippen LogP contribution in [-0.2, 0) is 17.6 Å². The highest BCUT2D eigenvalue weighted by atomic mass is 16.5. The van der Waals surface area contributed by atoms with Gasteiger partial charge in [-0.25, -0.2) is 0 Å². The predicted molar refractivity (Wildman–Crippen MR) is 75.7 cm³/mol. The molecule has 1 N–H and O–H groups in total. The Bertz CT molecular complexity index is 400. The molecule has 98 valence electrons. The average molecular weight is 245 g/mol. The molecule has 0 fully saturated rings. The van der Waals surface area contributed by atoms with Crippen molar-refractivity contribution < 1.29 is 4.74 Å². The number of benzene rings is 1. The third kappa shape index (κ3) is 3.36. The van der Waals surface area contributed by atoms with Crippen LogP contribution >= 0.6 is 0 Å². The van der Waals surface area contributed by atoms with Crippen molar-refractivity contribution in [1.29, 1.82) is 0 Å². The molecule has 1 aliphatic rings. The number of fused-ring (bicyclic) bond motifs is 1. The molecular weight excluding hydrogens is 222 g/mol. The quantitative estimate of drug-likeness (QED) is 0.587. The fourth-order valence-electron chi connectivity index (χ4n) is 2.54. The minimum Gasteiger partial charge on any atom is -0.502 e. The first kappa shape index (κ1) is 13.2. The van der Waals surface area contributed by atoms with Crippen LogP contribution in [0.1, 0.15) is 42.5 Å². The molecule has 0 saturated carbocycles. The molecule has 2 rings (SSSR count). The highest BCUT2D eigenvalue weighted by Crippen LogP contribution is 2.25. The predicted octanol–water partition coefficient (Wildman–Crippen LogP) is 3.38. The minimum absolute atomic E-state index is 0.416. The van der Waals surface area contributed by atoms with Crippen molar-refractivity contribution in [2.24, 2.45) is 0 Å². The van der Waals surface area contributed by atoms with Crippen LogP contribution in [0, 0.1) is 0 Å². The first-order chi connectivity index (χ1) is 8.81. The van der Waals surface area contributed by atoms with Gasteiger partial charge in [0.25, 0.3) is 0 Å². The van der Waals surface area contributed by atoms with Gasteiger partial charge >= 0.3 is 0 Å². The lowest BCUT2D eigenvalue weighted by molar-refractivity contribution is 0.243. The fourth-order valence-corrected chi connectivity index (χ4v) is 2.54. The van der Waals surface area contributed by atoms with Gasteiger partial charge in [0, 0.05) is 6.04 Å². The van der Waals surface area contributed by atoms with E-state index >= 15 is 0 Å². The summed E-state index contributed by atoms with van der Waals surface area (Å²) in [5.74, 6) is 0. The number of nitrogens with one attached hydrogen (secondary N) is 1. The lowest BCUT2D eigenvalue weighted by atomic mass is 10.0. The van der Waals surface area contributed by atoms with E-state index in [0.29, 0.717) is 6.04 Å². The zero-order valence-corrected chi connectivity index (χ0v) is 11.2. The van der Waals surface area contributed by atoms with Crippen molar-refractivity contribution in [3.8, 4) is 0 Å². The molecule has 1 aliphatic carbocycles. The van der Waals surface area contributed by atoms with Crippen LogP contribution in [0.3, 0.4) is 0 Å². The lowest BCUT2D eigenvalue weighted by Crippen LogP contribution is -2.20. The molecule has 0 saturated heterocycles. The number of aryl methyl sites for hydroxylation is 2. The van der Waals surface area contributed by atoms with E-state index in [4.69, 9.17) is 4.74 Å². The van der Waals surface area contributed by atoms with Gasteiger partial charge < -0.3 is 10.1 Å². The Morgan fingerprint density at radius 3 is 3.06 bits per heavy atom. The smallest absolute Gasteiger partial charge is 0.0885 e. The molecule has 1 unspecified atom stereocenters. The maximum absolute atomic E-state index is 5.11. The average Bonchev–Trinajstić information content (AvgIpc) is 2.85. The molecule has 0 amide bonds. The number of hydrogen-bond donors (Lipinski definition) is 1. The van der Waals surface area contributed by atoms with Gasteiger partial charge in [0.1, 0.15) is 0 Å². The van der Waals surface area contributed by atoms with Crippen LogP contribution in [0.25, 0.3) is 0 Å². The fraction of sp³-hybridized carbons (Fsp3) is 0.500. The normalized spacial score (nSPS) is 15.2. The maximum atomic E-state index is 5.11. The van der Waals surface area contributed by atoms with Gasteiger partial charge in [-0.05, 0) is 55.8 Å². The highest BCUT2D eigenvalue weighted by Gasteiger charge is 2.12. The minimum atomic E-state index is 0.416. The SMILES string of the molecule is C=COCCCNC(C)c1ccc2c(c1)CCC2. The zero-order valence-electron chi connectivity index (χ0n) is 11.2. The van der Waals surface area contributed by atoms with Gasteiger partial charge in [-0.1, -0.05) is 24.8 Å². The first-order valence-electron chi connectivity index (χ1n) is 6.89. The van der Waals surface area contributed by atoms with Gasteiger partial charge in [-0.15, -0.1) is 0 Å². The van der Waals surface area contributed by atoms with Crippen molar-refractivity contribution >= 4 is 0 Å². The van der Waals surface area contributed by atoms with Gasteiger partial charge in [0.2, 0.25) is 0 Å². The summed E-state index contributed by atoms with van der Waals surface area (Å²) in [7, 11) is 0. The van der Waals surface area contributed by atoms with Crippen molar-refractivity contribution in [2.45, 2.75) is 38.6 Å². The summed E-state index contributed by atoms with van der Waals surface area (Å²) in [6.07, 6.45) is 6.35. The van der Waals surface area contributed by atoms with Crippen LogP contribution in [-0.4, -0.2) is 13.2 Å². The monoisotopic (exact) mass is 245 g/mol. The summed E-state index contributed by atoms with van der Waals surface area (Å²) >= 11 is 0. The number of hydrogen-bond acceptors (Lipinski definition) is 2. The third-order valence-electron chi connectivity index (χ3n) is 3.63. The van der Waals surface area contributed by atoms with Crippen LogP contribution in [0.5, 0.6) is 0 Å². The van der Waals surface area contributed by atoms with Crippen LogP contribution in [0.15, 0.2) is 31.0 Å². The Balaban J connectivity index is 1.81. The molecule has 1 aromatic rings. The topological polar surface area (TPSA) is 21.3 Å². The van der Waals surface area contributed by atoms with Crippen LogP contribution < -0.4 is 5.32 Å². The van der Waals surface area contributed by atoms with Crippen molar-refractivity contribution in [3.63, 3.8) is 0 Å². The highest BCUT2D eigenvalue weighted by molar-refractivity contribution is 5.36. The Labute approximate surface area is 110 Å². The summed E-state index contributed by atoms with van der Waals surface area (Å²) in [5.41, 5.74) is 4.50. The van der Waals surface area contributed by atoms with Crippen LogP contribution in [0.4, 0.5) is 0 Å². The molecule has 1 atom stereocenters. The van der Waals surface area contributed by atoms with E-state index in [2.05, 4.69) is 37.0 Å². The van der Waals surface area contributed by atoms with E-state index in [9.17, 15) is 0 Å². The molecular formula is C16H23NO. The molecule has 18 heavy (non-hydrogen) atoms. The molecule has 0 aromatic heterocycles. The Kier molecular flexibility index (Phi) is 4.82. The van der Waals surface area contributed by atoms with Gasteiger partial charge in [0.05, 0.1) is 12.9 Å². The number of rotatable bonds is 7. The van der Waals surface area contributed by atoms with Crippen molar-refractivity contribution in [1.82, 2.24) is 5.32 Å². The van der Waals surface area contributed by atoms with E-state index in [0.717, 1.165) is 19.6 Å². The lowest BCUT2D eigenvalue weighted by Gasteiger charge is -2.15. The molecule has 0 radical (unpaired) electrons. The van der Waals surface area contributed by atoms with E-state index in [-0.39, 0.29) is 0 Å². The van der Waals surface area contributed by atoms with Gasteiger partial charge in [-0.3, -0.25) is 0 Å². The first-order valence-corrected chi connectivity index (χ1v) is 6.89. The standard InChI is InChI=1S/C16H23NO/c1-3-18-11-5-10-17-13(2)15-9-8-14-6-4-7-16(14)12-15/h3,8-9,12-13,17H,1,4-7,10-11H2,2H3. The summed E-state index contributed by atoms with van der Waals surface area (Å²) in [6, 6.07) is 7.36. The van der Waals surface area contributed by atoms with Crippen LogP contribution in [0.2, 0.25) is 0 Å². The second-order valence-electron chi connectivity index (χ2n) is 4.95. The molecule has 2 heteroatoms. The Hall–Kier alpha value is -1.28. The molecule has 0 bridgehead atoms. The van der Waals surface area contributed by atoms with Crippen molar-refractivity contribution in [2.75, 3.05) is 13.2 Å². The Morgan fingerprint density at radius 2 is 2.22 bits per heavy atom.